The van der Waals surface area contributed by atoms with Gasteiger partial charge in [-0.1, -0.05) is 13.8 Å². The molecule has 110 valence electrons. The summed E-state index contributed by atoms with van der Waals surface area (Å²) in [5.41, 5.74) is 0. The number of amides is 1. The summed E-state index contributed by atoms with van der Waals surface area (Å²) in [4.78, 5) is 26.9. The first-order chi connectivity index (χ1) is 8.93. The van der Waals surface area contributed by atoms with Gasteiger partial charge in [-0.05, 0) is 19.3 Å². The summed E-state index contributed by atoms with van der Waals surface area (Å²) in [6.45, 7) is 9.59. The van der Waals surface area contributed by atoms with Crippen molar-refractivity contribution in [2.24, 2.45) is 5.92 Å². The summed E-state index contributed by atoms with van der Waals surface area (Å²) in [5, 5.41) is 8.70. The number of nitrogens with zero attached hydrogens (tertiary/aromatic N) is 2. The third-order valence-corrected chi connectivity index (χ3v) is 3.93. The van der Waals surface area contributed by atoms with E-state index in [4.69, 9.17) is 5.11 Å². The van der Waals surface area contributed by atoms with Crippen molar-refractivity contribution in [2.75, 3.05) is 26.2 Å². The van der Waals surface area contributed by atoms with E-state index < -0.39 is 5.97 Å². The largest absolute Gasteiger partial charge is 0.481 e. The van der Waals surface area contributed by atoms with Crippen LogP contribution in [0.2, 0.25) is 0 Å². The van der Waals surface area contributed by atoms with Gasteiger partial charge in [-0.3, -0.25) is 14.5 Å². The lowest BCUT2D eigenvalue weighted by atomic mass is 10.0. The Bertz CT molecular complexity index is 312. The summed E-state index contributed by atoms with van der Waals surface area (Å²) >= 11 is 0. The fraction of sp³-hybridized carbons (Fsp3) is 0.857. The topological polar surface area (TPSA) is 60.9 Å². The molecule has 0 radical (unpaired) electrons. The average molecular weight is 270 g/mol. The van der Waals surface area contributed by atoms with Crippen molar-refractivity contribution < 1.29 is 14.7 Å². The van der Waals surface area contributed by atoms with E-state index in [0.717, 1.165) is 32.6 Å². The second kappa shape index (κ2) is 7.48. The minimum Gasteiger partial charge on any atom is -0.481 e. The molecular formula is C14H26N2O3. The zero-order valence-electron chi connectivity index (χ0n) is 12.3. The Balaban J connectivity index is 2.34. The molecule has 1 rings (SSSR count). The number of hydrogen-bond acceptors (Lipinski definition) is 3. The van der Waals surface area contributed by atoms with Crippen LogP contribution in [0, 0.1) is 5.92 Å². The summed E-state index contributed by atoms with van der Waals surface area (Å²) in [6, 6.07) is 0.572. The Morgan fingerprint density at radius 3 is 2.16 bits per heavy atom. The van der Waals surface area contributed by atoms with Crippen LogP contribution in [0.4, 0.5) is 0 Å². The van der Waals surface area contributed by atoms with Gasteiger partial charge in [0.1, 0.15) is 0 Å². The highest BCUT2D eigenvalue weighted by molar-refractivity contribution is 5.77. The van der Waals surface area contributed by atoms with Gasteiger partial charge >= 0.3 is 5.97 Å². The highest BCUT2D eigenvalue weighted by atomic mass is 16.4. The van der Waals surface area contributed by atoms with E-state index in [9.17, 15) is 9.59 Å². The van der Waals surface area contributed by atoms with Crippen LogP contribution in [0.3, 0.4) is 0 Å². The van der Waals surface area contributed by atoms with Crippen molar-refractivity contribution in [1.29, 1.82) is 0 Å². The van der Waals surface area contributed by atoms with Crippen molar-refractivity contribution in [1.82, 2.24) is 9.80 Å². The van der Waals surface area contributed by atoms with Crippen LogP contribution in [0.1, 0.15) is 40.0 Å². The van der Waals surface area contributed by atoms with Gasteiger partial charge in [-0.25, -0.2) is 0 Å². The molecule has 1 heterocycles. The molecule has 1 saturated heterocycles. The number of piperazine rings is 1. The number of rotatable bonds is 6. The van der Waals surface area contributed by atoms with E-state index in [1.165, 1.54) is 0 Å². The van der Waals surface area contributed by atoms with E-state index >= 15 is 0 Å². The molecule has 0 aromatic rings. The van der Waals surface area contributed by atoms with Crippen LogP contribution in [0.15, 0.2) is 0 Å². The number of hydrogen-bond donors (Lipinski definition) is 1. The van der Waals surface area contributed by atoms with Crippen LogP contribution < -0.4 is 0 Å². The van der Waals surface area contributed by atoms with Gasteiger partial charge in [0.05, 0.1) is 0 Å². The third kappa shape index (κ3) is 5.19. The molecule has 5 nitrogen and oxygen atoms in total. The first-order valence-corrected chi connectivity index (χ1v) is 7.17. The van der Waals surface area contributed by atoms with Crippen LogP contribution in [0.25, 0.3) is 0 Å². The van der Waals surface area contributed by atoms with Gasteiger partial charge in [0.2, 0.25) is 5.91 Å². The van der Waals surface area contributed by atoms with Crippen molar-refractivity contribution in [3.8, 4) is 0 Å². The van der Waals surface area contributed by atoms with Crippen molar-refractivity contribution >= 4 is 11.9 Å². The first kappa shape index (κ1) is 16.0. The zero-order chi connectivity index (χ0) is 14.4. The van der Waals surface area contributed by atoms with Gasteiger partial charge in [0, 0.05) is 45.1 Å². The van der Waals surface area contributed by atoms with Crippen molar-refractivity contribution in [2.45, 2.75) is 46.1 Å². The summed E-state index contributed by atoms with van der Waals surface area (Å²) in [5.74, 6) is -0.822. The predicted molar refractivity (Wildman–Crippen MR) is 73.9 cm³/mol. The highest BCUT2D eigenvalue weighted by Gasteiger charge is 2.24. The smallest absolute Gasteiger partial charge is 0.303 e. The lowest BCUT2D eigenvalue weighted by molar-refractivity contribution is -0.139. The van der Waals surface area contributed by atoms with E-state index in [2.05, 4.69) is 18.7 Å². The zero-order valence-corrected chi connectivity index (χ0v) is 12.3. The fourth-order valence-electron chi connectivity index (χ4n) is 2.47. The Morgan fingerprint density at radius 2 is 1.68 bits per heavy atom. The molecule has 2 atom stereocenters. The number of carbonyl (C=O) groups excluding carboxylic acids is 1. The lowest BCUT2D eigenvalue weighted by Crippen LogP contribution is -2.51. The Morgan fingerprint density at radius 1 is 1.11 bits per heavy atom. The van der Waals surface area contributed by atoms with Crippen LogP contribution in [-0.2, 0) is 9.59 Å². The van der Waals surface area contributed by atoms with E-state index in [0.29, 0.717) is 12.5 Å². The molecule has 0 aliphatic carbocycles. The second-order valence-electron chi connectivity index (χ2n) is 5.58. The van der Waals surface area contributed by atoms with E-state index in [1.54, 1.807) is 0 Å². The minimum atomic E-state index is -0.832. The summed E-state index contributed by atoms with van der Waals surface area (Å²) in [6.07, 6.45) is 1.54. The van der Waals surface area contributed by atoms with Crippen LogP contribution >= 0.6 is 0 Å². The molecule has 1 N–H and O–H groups in total. The predicted octanol–water partition coefficient (Wildman–Crippen LogP) is 1.43. The first-order valence-electron chi connectivity index (χ1n) is 7.17. The van der Waals surface area contributed by atoms with Gasteiger partial charge in [0.25, 0.3) is 0 Å². The van der Waals surface area contributed by atoms with E-state index in [-0.39, 0.29) is 18.2 Å². The molecule has 0 saturated carbocycles. The molecule has 19 heavy (non-hydrogen) atoms. The number of carboxylic acid groups (broad SMARTS) is 1. The van der Waals surface area contributed by atoms with Crippen molar-refractivity contribution in [3.05, 3.63) is 0 Å². The van der Waals surface area contributed by atoms with Gasteiger partial charge in [0.15, 0.2) is 0 Å². The molecule has 1 amide bonds. The standard InChI is InChI=1S/C14H26N2O3/c1-4-12(3)15-5-7-16(8-6-15)13(17)9-11(2)10-14(18)19/h11-12H,4-10H2,1-3H3,(H,18,19). The summed E-state index contributed by atoms with van der Waals surface area (Å²) < 4.78 is 0. The maximum Gasteiger partial charge on any atom is 0.303 e. The molecule has 0 aromatic carbocycles. The molecule has 0 bridgehead atoms. The van der Waals surface area contributed by atoms with Crippen LogP contribution in [0.5, 0.6) is 0 Å². The average Bonchev–Trinajstić information content (AvgIpc) is 2.36. The molecule has 0 aromatic heterocycles. The number of carboxylic acids is 1. The molecule has 1 fully saturated rings. The fourth-order valence-corrected chi connectivity index (χ4v) is 2.47. The normalized spacial score (nSPS) is 20.1. The molecule has 5 heteroatoms. The number of carbonyl (C=O) groups is 2. The Hall–Kier alpha value is -1.10. The van der Waals surface area contributed by atoms with Crippen LogP contribution in [-0.4, -0.2) is 59.0 Å². The summed E-state index contributed by atoms with van der Waals surface area (Å²) in [7, 11) is 0. The molecule has 1 aliphatic heterocycles. The van der Waals surface area contributed by atoms with Gasteiger partial charge in [-0.2, -0.15) is 0 Å². The Kier molecular flexibility index (Phi) is 6.28. The third-order valence-electron chi connectivity index (χ3n) is 3.93. The van der Waals surface area contributed by atoms with E-state index in [1.807, 2.05) is 11.8 Å². The van der Waals surface area contributed by atoms with Crippen molar-refractivity contribution in [3.63, 3.8) is 0 Å². The second-order valence-corrected chi connectivity index (χ2v) is 5.58. The SMILES string of the molecule is CCC(C)N1CCN(C(=O)CC(C)CC(=O)O)CC1. The molecular weight excluding hydrogens is 244 g/mol. The number of aliphatic carboxylic acids is 1. The molecule has 1 aliphatic rings. The lowest BCUT2D eigenvalue weighted by Gasteiger charge is -2.38. The minimum absolute atomic E-state index is 0.0680. The maximum absolute atomic E-state index is 12.1. The maximum atomic E-state index is 12.1. The van der Waals surface area contributed by atoms with Gasteiger partial charge in [-0.15, -0.1) is 0 Å². The Labute approximate surface area is 115 Å². The molecule has 0 spiro atoms. The monoisotopic (exact) mass is 270 g/mol. The molecule has 2 unspecified atom stereocenters. The highest BCUT2D eigenvalue weighted by Crippen LogP contribution is 2.13. The van der Waals surface area contributed by atoms with Gasteiger partial charge < -0.3 is 10.0 Å². The quantitative estimate of drug-likeness (QED) is 0.793.